The van der Waals surface area contributed by atoms with Crippen LogP contribution in [0.15, 0.2) is 30.6 Å². The number of aromatic nitrogens is 2. The lowest BCUT2D eigenvalue weighted by atomic mass is 9.97. The van der Waals surface area contributed by atoms with Crippen LogP contribution in [0.25, 0.3) is 0 Å². The van der Waals surface area contributed by atoms with E-state index < -0.39 is 0 Å². The van der Waals surface area contributed by atoms with Gasteiger partial charge < -0.3 is 0 Å². The van der Waals surface area contributed by atoms with Crippen molar-refractivity contribution in [1.29, 1.82) is 0 Å². The minimum absolute atomic E-state index is 0.0351. The smallest absolute Gasteiger partial charge is 0.0522 e. The molecule has 0 spiro atoms. The Morgan fingerprint density at radius 1 is 1.50 bits per heavy atom. The molecule has 3 N–H and O–H groups in total. The van der Waals surface area contributed by atoms with Crippen molar-refractivity contribution in [3.8, 4) is 0 Å². The molecule has 1 aromatic carbocycles. The van der Waals surface area contributed by atoms with Crippen LogP contribution < -0.4 is 11.3 Å². The van der Waals surface area contributed by atoms with E-state index in [1.807, 2.05) is 44.6 Å². The molecule has 5 heteroatoms. The summed E-state index contributed by atoms with van der Waals surface area (Å²) < 4.78 is 1.79. The van der Waals surface area contributed by atoms with E-state index in [1.54, 1.807) is 4.68 Å². The van der Waals surface area contributed by atoms with Crippen LogP contribution in [-0.4, -0.2) is 9.78 Å². The van der Waals surface area contributed by atoms with Crippen LogP contribution in [0.4, 0.5) is 0 Å². The molecule has 0 saturated carbocycles. The van der Waals surface area contributed by atoms with Gasteiger partial charge in [0.15, 0.2) is 0 Å². The Morgan fingerprint density at radius 3 is 2.89 bits per heavy atom. The molecule has 0 aliphatic carbocycles. The van der Waals surface area contributed by atoms with E-state index in [-0.39, 0.29) is 6.04 Å². The Morgan fingerprint density at radius 2 is 2.28 bits per heavy atom. The maximum Gasteiger partial charge on any atom is 0.0522 e. The van der Waals surface area contributed by atoms with Crippen LogP contribution in [0.3, 0.4) is 0 Å². The highest BCUT2D eigenvalue weighted by molar-refractivity contribution is 6.31. The van der Waals surface area contributed by atoms with Crippen LogP contribution >= 0.6 is 11.6 Å². The first-order valence-electron chi connectivity index (χ1n) is 5.80. The Labute approximate surface area is 112 Å². The zero-order chi connectivity index (χ0) is 13.1. The third-order valence-electron chi connectivity index (χ3n) is 3.08. The minimum atomic E-state index is 0.0351. The predicted molar refractivity (Wildman–Crippen MR) is 73.2 cm³/mol. The second-order valence-electron chi connectivity index (χ2n) is 4.40. The molecule has 1 heterocycles. The molecule has 2 rings (SSSR count). The van der Waals surface area contributed by atoms with Gasteiger partial charge in [0.05, 0.1) is 12.2 Å². The number of hydrogen-bond acceptors (Lipinski definition) is 3. The van der Waals surface area contributed by atoms with Gasteiger partial charge in [-0.15, -0.1) is 0 Å². The van der Waals surface area contributed by atoms with Gasteiger partial charge in [0.1, 0.15) is 0 Å². The first-order valence-corrected chi connectivity index (χ1v) is 6.18. The summed E-state index contributed by atoms with van der Waals surface area (Å²) in [5.74, 6) is 5.66. The molecule has 96 valence electrons. The lowest BCUT2D eigenvalue weighted by molar-refractivity contribution is 0.549. The van der Waals surface area contributed by atoms with Gasteiger partial charge in [0, 0.05) is 18.3 Å². The highest BCUT2D eigenvalue weighted by Gasteiger charge is 2.15. The average molecular weight is 265 g/mol. The van der Waals surface area contributed by atoms with Gasteiger partial charge in [-0.2, -0.15) is 5.10 Å². The fourth-order valence-corrected chi connectivity index (χ4v) is 2.26. The SMILES string of the molecule is Cc1c(Cl)cccc1C(Cc1cnn(C)c1)NN. The van der Waals surface area contributed by atoms with Gasteiger partial charge in [-0.1, -0.05) is 23.7 Å². The third kappa shape index (κ3) is 2.72. The molecule has 0 aliphatic heterocycles. The Bertz CT molecular complexity index is 536. The topological polar surface area (TPSA) is 55.9 Å². The first kappa shape index (κ1) is 13.1. The fraction of sp³-hybridized carbons (Fsp3) is 0.308. The second-order valence-corrected chi connectivity index (χ2v) is 4.81. The van der Waals surface area contributed by atoms with Gasteiger partial charge in [0.25, 0.3) is 0 Å². The van der Waals surface area contributed by atoms with Crippen LogP contribution in [0, 0.1) is 6.92 Å². The van der Waals surface area contributed by atoms with Gasteiger partial charge >= 0.3 is 0 Å². The molecule has 1 aromatic heterocycles. The molecular weight excluding hydrogens is 248 g/mol. The third-order valence-corrected chi connectivity index (χ3v) is 3.49. The highest BCUT2D eigenvalue weighted by atomic mass is 35.5. The zero-order valence-electron chi connectivity index (χ0n) is 10.5. The molecule has 0 amide bonds. The summed E-state index contributed by atoms with van der Waals surface area (Å²) in [6.07, 6.45) is 4.62. The monoisotopic (exact) mass is 264 g/mol. The molecule has 0 bridgehead atoms. The number of rotatable bonds is 4. The number of benzene rings is 1. The van der Waals surface area contributed by atoms with E-state index in [0.717, 1.165) is 28.1 Å². The molecule has 4 nitrogen and oxygen atoms in total. The number of aryl methyl sites for hydroxylation is 1. The molecule has 1 atom stereocenters. The van der Waals surface area contributed by atoms with Crippen LogP contribution in [0.2, 0.25) is 5.02 Å². The number of nitrogens with zero attached hydrogens (tertiary/aromatic N) is 2. The Hall–Kier alpha value is -1.36. The van der Waals surface area contributed by atoms with E-state index in [1.165, 1.54) is 0 Å². The van der Waals surface area contributed by atoms with Crippen LogP contribution in [0.5, 0.6) is 0 Å². The molecule has 0 fully saturated rings. The minimum Gasteiger partial charge on any atom is -0.276 e. The molecule has 0 saturated heterocycles. The van der Waals surface area contributed by atoms with Crippen molar-refractivity contribution in [2.75, 3.05) is 0 Å². The lowest BCUT2D eigenvalue weighted by Crippen LogP contribution is -2.30. The standard InChI is InChI=1S/C13H17ClN4/c1-9-11(4-3-5-12(9)14)13(17-15)6-10-7-16-18(2)8-10/h3-5,7-8,13,17H,6,15H2,1-2H3. The van der Waals surface area contributed by atoms with Gasteiger partial charge in [-0.25, -0.2) is 0 Å². The molecule has 0 aliphatic rings. The van der Waals surface area contributed by atoms with Gasteiger partial charge in [0.2, 0.25) is 0 Å². The molecule has 1 unspecified atom stereocenters. The Balaban J connectivity index is 2.25. The van der Waals surface area contributed by atoms with E-state index in [9.17, 15) is 0 Å². The van der Waals surface area contributed by atoms with Crippen molar-refractivity contribution in [3.05, 3.63) is 52.3 Å². The second kappa shape index (κ2) is 5.52. The summed E-state index contributed by atoms with van der Waals surface area (Å²) in [5, 5.41) is 4.92. The normalized spacial score (nSPS) is 12.7. The van der Waals surface area contributed by atoms with E-state index in [2.05, 4.69) is 10.5 Å². The molecular formula is C13H17ClN4. The van der Waals surface area contributed by atoms with Crippen molar-refractivity contribution >= 4 is 11.6 Å². The maximum atomic E-state index is 6.14. The zero-order valence-corrected chi connectivity index (χ0v) is 11.3. The van der Waals surface area contributed by atoms with E-state index >= 15 is 0 Å². The average Bonchev–Trinajstić information content (AvgIpc) is 2.76. The molecule has 0 radical (unpaired) electrons. The van der Waals surface area contributed by atoms with Crippen molar-refractivity contribution in [1.82, 2.24) is 15.2 Å². The van der Waals surface area contributed by atoms with E-state index in [4.69, 9.17) is 17.4 Å². The number of nitrogens with two attached hydrogens (primary N) is 1. The molecule has 2 aromatic rings. The lowest BCUT2D eigenvalue weighted by Gasteiger charge is -2.18. The number of halogens is 1. The molecule has 18 heavy (non-hydrogen) atoms. The fourth-order valence-electron chi connectivity index (χ4n) is 2.07. The quantitative estimate of drug-likeness (QED) is 0.657. The summed E-state index contributed by atoms with van der Waals surface area (Å²) in [7, 11) is 1.90. The van der Waals surface area contributed by atoms with Gasteiger partial charge in [-0.05, 0) is 36.1 Å². The van der Waals surface area contributed by atoms with E-state index in [0.29, 0.717) is 0 Å². The maximum absolute atomic E-state index is 6.14. The van der Waals surface area contributed by atoms with Crippen LogP contribution in [0.1, 0.15) is 22.7 Å². The number of nitrogens with one attached hydrogen (secondary N) is 1. The summed E-state index contributed by atoms with van der Waals surface area (Å²) in [5.41, 5.74) is 6.17. The van der Waals surface area contributed by atoms with Gasteiger partial charge in [-0.3, -0.25) is 16.0 Å². The number of hydrazine groups is 1. The largest absolute Gasteiger partial charge is 0.276 e. The van der Waals surface area contributed by atoms with Crippen molar-refractivity contribution in [2.24, 2.45) is 12.9 Å². The van der Waals surface area contributed by atoms with Crippen molar-refractivity contribution < 1.29 is 0 Å². The van der Waals surface area contributed by atoms with Crippen molar-refractivity contribution in [3.63, 3.8) is 0 Å². The highest BCUT2D eigenvalue weighted by Crippen LogP contribution is 2.26. The summed E-state index contributed by atoms with van der Waals surface area (Å²) >= 11 is 6.14. The Kier molecular flexibility index (Phi) is 4.01. The van der Waals surface area contributed by atoms with Crippen LogP contribution in [-0.2, 0) is 13.5 Å². The summed E-state index contributed by atoms with van der Waals surface area (Å²) in [6.45, 7) is 2.01. The number of hydrogen-bond donors (Lipinski definition) is 2. The van der Waals surface area contributed by atoms with Crippen molar-refractivity contribution in [2.45, 2.75) is 19.4 Å². The predicted octanol–water partition coefficient (Wildman–Crippen LogP) is 2.13. The summed E-state index contributed by atoms with van der Waals surface area (Å²) in [6, 6.07) is 5.91. The summed E-state index contributed by atoms with van der Waals surface area (Å²) in [4.78, 5) is 0. The first-order chi connectivity index (χ1) is 8.61.